The van der Waals surface area contributed by atoms with Gasteiger partial charge < -0.3 is 40.5 Å². The lowest BCUT2D eigenvalue weighted by Gasteiger charge is -2.35. The number of nitrogens with two attached hydrogens (primary N) is 2. The molecular weight excluding hydrogens is 917 g/mol. The van der Waals surface area contributed by atoms with Gasteiger partial charge in [-0.1, -0.05) is 75.4 Å². The second-order valence-electron chi connectivity index (χ2n) is 16.8. The first-order valence-electron chi connectivity index (χ1n) is 21.0. The molecule has 0 fully saturated rings. The number of fused-ring (bicyclic) bond motifs is 1. The van der Waals surface area contributed by atoms with E-state index in [4.69, 9.17) is 35.5 Å². The number of aromatic nitrogens is 6. The average Bonchev–Trinajstić information content (AvgIpc) is 3.95. The van der Waals surface area contributed by atoms with E-state index in [2.05, 4.69) is 25.0 Å². The number of nitrogens with one attached hydrogen (secondary N) is 2. The Hall–Kier alpha value is -7.11. The molecule has 0 saturated heterocycles. The fraction of sp³-hybridized carbons (Fsp3) is 0.283. The summed E-state index contributed by atoms with van der Waals surface area (Å²) in [5, 5.41) is 24.8. The zero-order valence-corrected chi connectivity index (χ0v) is 39.7. The SMILES string of the molecule is COc1ccc(CN(Cc2ccc(OC)cc2)S(=O)(=O)c2c(S(=O)(=O)NC([C@@H](O)COC(N)=O)C(C)(C)C)ccc(-c3cccc4[nH]c(N)nc34)c2-c2nnn(Cc3ccc(OC)cc3)n2)cc1. The summed E-state index contributed by atoms with van der Waals surface area (Å²) in [5.74, 6) is 1.51. The molecule has 7 N–H and O–H groups in total. The molecule has 0 radical (unpaired) electrons. The van der Waals surface area contributed by atoms with E-state index in [0.29, 0.717) is 45.0 Å². The molecule has 1 unspecified atom stereocenters. The summed E-state index contributed by atoms with van der Waals surface area (Å²) in [6, 6.07) is 27.0. The highest BCUT2D eigenvalue weighted by Gasteiger charge is 2.41. The number of ether oxygens (including phenoxy) is 4. The van der Waals surface area contributed by atoms with E-state index in [9.17, 15) is 9.90 Å². The largest absolute Gasteiger partial charge is 0.497 e. The van der Waals surface area contributed by atoms with E-state index in [1.54, 1.807) is 119 Å². The number of carbonyl (C=O) groups excluding carboxylic acids is 1. The van der Waals surface area contributed by atoms with Gasteiger partial charge in [0.05, 0.1) is 50.5 Å². The maximum atomic E-state index is 16.2. The molecule has 2 aromatic heterocycles. The molecule has 2 heterocycles. The number of nitrogen functional groups attached to an aromatic ring is 1. The number of carbonyl (C=O) groups is 1. The summed E-state index contributed by atoms with van der Waals surface area (Å²) in [6.45, 7) is 3.83. The van der Waals surface area contributed by atoms with Crippen molar-refractivity contribution in [3.63, 3.8) is 0 Å². The highest BCUT2D eigenvalue weighted by Crippen LogP contribution is 2.43. The molecule has 358 valence electrons. The molecule has 7 aromatic rings. The van der Waals surface area contributed by atoms with Crippen LogP contribution in [0.5, 0.6) is 17.2 Å². The zero-order valence-electron chi connectivity index (χ0n) is 38.1. The third-order valence-corrected chi connectivity index (χ3v) is 14.5. The van der Waals surface area contributed by atoms with Crippen LogP contribution in [0.4, 0.5) is 10.7 Å². The van der Waals surface area contributed by atoms with Gasteiger partial charge in [0.25, 0.3) is 0 Å². The lowest BCUT2D eigenvalue weighted by Crippen LogP contribution is -2.53. The highest BCUT2D eigenvalue weighted by molar-refractivity contribution is 7.92. The van der Waals surface area contributed by atoms with Crippen molar-refractivity contribution < 1.29 is 45.7 Å². The Morgan fingerprint density at radius 2 is 1.37 bits per heavy atom. The minimum absolute atomic E-state index is 0.0751. The molecule has 7 rings (SSSR count). The third kappa shape index (κ3) is 10.8. The maximum Gasteiger partial charge on any atom is 0.404 e. The minimum atomic E-state index is -5.05. The topological polar surface area (TPSA) is 282 Å². The number of amides is 1. The summed E-state index contributed by atoms with van der Waals surface area (Å²) in [5.41, 5.74) is 13.3. The highest BCUT2D eigenvalue weighted by atomic mass is 32.2. The number of tetrazole rings is 1. The molecule has 5 aromatic carbocycles. The van der Waals surface area contributed by atoms with Crippen LogP contribution in [-0.4, -0.2) is 103 Å². The molecule has 0 aliphatic carbocycles. The van der Waals surface area contributed by atoms with Gasteiger partial charge in [0.15, 0.2) is 5.95 Å². The second-order valence-corrected chi connectivity index (χ2v) is 20.3. The van der Waals surface area contributed by atoms with Gasteiger partial charge in [0, 0.05) is 18.7 Å². The summed E-state index contributed by atoms with van der Waals surface area (Å²) < 4.78 is 87.5. The van der Waals surface area contributed by atoms with Crippen molar-refractivity contribution in [1.82, 2.24) is 39.2 Å². The standard InChI is InChI=1S/C46H52N10O10S2/c1-46(2,3)42(37(57)27-66-45(48)58)53-67(59,60)38-23-22-34(35-8-7-9-36-40(35)50-44(47)49-36)39(43-51-54-56(52-43)26-30-14-20-33(65-6)21-15-30)41(38)68(61,62)55(24-28-10-16-31(63-4)17-11-28)25-29-12-18-32(64-5)19-13-29/h7-23,37,42,53,57H,24-27H2,1-6H3,(H2,48,58)(H3,47,49,50)/t37-,42?/m0/s1. The maximum absolute atomic E-state index is 16.2. The summed E-state index contributed by atoms with van der Waals surface area (Å²) in [6.07, 6.45) is -2.83. The van der Waals surface area contributed by atoms with Gasteiger partial charge in [0.2, 0.25) is 25.9 Å². The first kappa shape index (κ1) is 48.8. The van der Waals surface area contributed by atoms with Crippen LogP contribution in [0.2, 0.25) is 0 Å². The Morgan fingerprint density at radius 3 is 1.90 bits per heavy atom. The number of aliphatic hydroxyl groups excluding tert-OH is 1. The molecule has 0 aliphatic rings. The van der Waals surface area contributed by atoms with Crippen LogP contribution >= 0.6 is 0 Å². The number of benzene rings is 5. The number of H-pyrrole nitrogens is 1. The summed E-state index contributed by atoms with van der Waals surface area (Å²) in [7, 11) is -5.50. The molecule has 0 saturated carbocycles. The first-order valence-corrected chi connectivity index (χ1v) is 23.9. The fourth-order valence-electron chi connectivity index (χ4n) is 7.60. The van der Waals surface area contributed by atoms with Gasteiger partial charge in [-0.15, -0.1) is 10.2 Å². The van der Waals surface area contributed by atoms with Crippen molar-refractivity contribution in [2.75, 3.05) is 33.7 Å². The lowest BCUT2D eigenvalue weighted by molar-refractivity contribution is 0.0253. The molecule has 0 bridgehead atoms. The monoisotopic (exact) mass is 968 g/mol. The van der Waals surface area contributed by atoms with Crippen molar-refractivity contribution >= 4 is 43.1 Å². The Bertz CT molecular complexity index is 3070. The van der Waals surface area contributed by atoms with Gasteiger partial charge in [-0.25, -0.2) is 31.3 Å². The number of imidazole rings is 1. The first-order chi connectivity index (χ1) is 32.3. The van der Waals surface area contributed by atoms with Crippen molar-refractivity contribution in [2.45, 2.75) is 62.3 Å². The van der Waals surface area contributed by atoms with Crippen LogP contribution < -0.4 is 30.4 Å². The number of anilines is 1. The lowest BCUT2D eigenvalue weighted by atomic mass is 9.84. The number of hydrogen-bond acceptors (Lipinski definition) is 15. The number of nitrogens with zero attached hydrogens (tertiary/aromatic N) is 6. The number of rotatable bonds is 19. The Labute approximate surface area is 393 Å². The van der Waals surface area contributed by atoms with E-state index < -0.39 is 60.1 Å². The van der Waals surface area contributed by atoms with E-state index in [0.717, 1.165) is 15.9 Å². The number of aromatic amines is 1. The molecule has 2 atom stereocenters. The zero-order chi connectivity index (χ0) is 49.0. The fourth-order valence-corrected chi connectivity index (χ4v) is 11.5. The van der Waals surface area contributed by atoms with Crippen LogP contribution in [-0.2, 0) is 44.4 Å². The van der Waals surface area contributed by atoms with Crippen molar-refractivity contribution in [2.24, 2.45) is 11.1 Å². The quantitative estimate of drug-likeness (QED) is 0.0707. The smallest absolute Gasteiger partial charge is 0.404 e. The van der Waals surface area contributed by atoms with Crippen molar-refractivity contribution in [1.29, 1.82) is 0 Å². The Morgan fingerprint density at radius 1 is 0.809 bits per heavy atom. The van der Waals surface area contributed by atoms with Crippen molar-refractivity contribution in [3.05, 3.63) is 120 Å². The second kappa shape index (κ2) is 20.0. The summed E-state index contributed by atoms with van der Waals surface area (Å²) in [4.78, 5) is 18.9. The van der Waals surface area contributed by atoms with E-state index >= 15 is 16.8 Å². The van der Waals surface area contributed by atoms with E-state index in [-0.39, 0.29) is 42.5 Å². The average molecular weight is 969 g/mol. The van der Waals surface area contributed by atoms with Crippen LogP contribution in [0.3, 0.4) is 0 Å². The summed E-state index contributed by atoms with van der Waals surface area (Å²) >= 11 is 0. The van der Waals surface area contributed by atoms with Gasteiger partial charge in [-0.05, 0) is 81.4 Å². The van der Waals surface area contributed by atoms with Crippen LogP contribution in [0.15, 0.2) is 113 Å². The van der Waals surface area contributed by atoms with Gasteiger partial charge in [-0.3, -0.25) is 0 Å². The number of aliphatic hydroxyl groups is 1. The number of hydrogen-bond donors (Lipinski definition) is 5. The number of primary amides is 1. The third-order valence-electron chi connectivity index (χ3n) is 11.0. The molecule has 68 heavy (non-hydrogen) atoms. The number of para-hydroxylation sites is 1. The Balaban J connectivity index is 1.53. The van der Waals surface area contributed by atoms with Gasteiger partial charge >= 0.3 is 6.09 Å². The van der Waals surface area contributed by atoms with E-state index in [1.165, 1.54) is 25.1 Å². The van der Waals surface area contributed by atoms with Gasteiger partial charge in [0.1, 0.15) is 39.8 Å². The molecular formula is C46H52N10O10S2. The molecule has 0 aliphatic heterocycles. The molecule has 0 spiro atoms. The number of sulfonamides is 2. The minimum Gasteiger partial charge on any atom is -0.497 e. The molecule has 22 heteroatoms. The van der Waals surface area contributed by atoms with Crippen LogP contribution in [0.25, 0.3) is 33.5 Å². The normalized spacial score (nSPS) is 13.1. The van der Waals surface area contributed by atoms with E-state index in [1.807, 2.05) is 0 Å². The van der Waals surface area contributed by atoms with Crippen LogP contribution in [0, 0.1) is 5.41 Å². The molecule has 20 nitrogen and oxygen atoms in total. The van der Waals surface area contributed by atoms with Crippen LogP contribution in [0.1, 0.15) is 37.5 Å². The van der Waals surface area contributed by atoms with Crippen molar-refractivity contribution in [3.8, 4) is 39.8 Å². The van der Waals surface area contributed by atoms with Gasteiger partial charge in [-0.2, -0.15) is 9.10 Å². The Kier molecular flexibility index (Phi) is 14.4. The predicted molar refractivity (Wildman–Crippen MR) is 252 cm³/mol. The predicted octanol–water partition coefficient (Wildman–Crippen LogP) is 5.08. The molecule has 1 amide bonds. The number of methoxy groups -OCH3 is 3.